The molecule has 0 saturated carbocycles. The molecule has 0 radical (unpaired) electrons. The maximum absolute atomic E-state index is 12.1. The Bertz CT molecular complexity index is 280. The molecule has 1 heterocycles. The van der Waals surface area contributed by atoms with E-state index in [-0.39, 0.29) is 5.69 Å². The first kappa shape index (κ1) is 9.86. The van der Waals surface area contributed by atoms with Crippen molar-refractivity contribution in [1.29, 1.82) is 0 Å². The lowest BCUT2D eigenvalue weighted by molar-refractivity contribution is 0.146. The van der Waals surface area contributed by atoms with Crippen LogP contribution in [0.25, 0.3) is 0 Å². The van der Waals surface area contributed by atoms with Crippen molar-refractivity contribution in [3.05, 3.63) is 28.5 Å². The number of halogens is 4. The van der Waals surface area contributed by atoms with Gasteiger partial charge < -0.3 is 0 Å². The van der Waals surface area contributed by atoms with Gasteiger partial charge in [-0.3, -0.25) is 0 Å². The standard InChI is InChI=1S/C7H5BrClF2N/c8-3-6-4(9)1-2-5(12-6)7(10)11/h1-2,7H,3H2. The zero-order valence-electron chi connectivity index (χ0n) is 5.90. The minimum Gasteiger partial charge on any atom is -0.249 e. The zero-order chi connectivity index (χ0) is 9.14. The van der Waals surface area contributed by atoms with E-state index in [0.717, 1.165) is 0 Å². The lowest BCUT2D eigenvalue weighted by Crippen LogP contribution is -1.94. The molecule has 1 aromatic heterocycles. The smallest absolute Gasteiger partial charge is 0.249 e. The van der Waals surface area contributed by atoms with Crippen LogP contribution in [0.1, 0.15) is 17.8 Å². The first-order chi connectivity index (χ1) is 5.65. The molecular formula is C7H5BrClF2N. The minimum atomic E-state index is -2.54. The van der Waals surface area contributed by atoms with E-state index in [0.29, 0.717) is 16.0 Å². The van der Waals surface area contributed by atoms with Crippen LogP contribution in [-0.2, 0) is 5.33 Å². The van der Waals surface area contributed by atoms with E-state index in [4.69, 9.17) is 11.6 Å². The van der Waals surface area contributed by atoms with Crippen LogP contribution in [0.15, 0.2) is 12.1 Å². The molecule has 12 heavy (non-hydrogen) atoms. The summed E-state index contributed by atoms with van der Waals surface area (Å²) in [6.07, 6.45) is -2.54. The molecule has 0 atom stereocenters. The molecule has 0 unspecified atom stereocenters. The van der Waals surface area contributed by atoms with Crippen molar-refractivity contribution in [2.45, 2.75) is 11.8 Å². The minimum absolute atomic E-state index is 0.242. The summed E-state index contributed by atoms with van der Waals surface area (Å²) >= 11 is 8.76. The zero-order valence-corrected chi connectivity index (χ0v) is 8.24. The fourth-order valence-electron chi connectivity index (χ4n) is 0.716. The largest absolute Gasteiger partial charge is 0.280 e. The highest BCUT2D eigenvalue weighted by atomic mass is 79.9. The highest BCUT2D eigenvalue weighted by Crippen LogP contribution is 2.22. The summed E-state index contributed by atoms with van der Waals surface area (Å²) < 4.78 is 24.2. The molecule has 0 saturated heterocycles. The Kier molecular flexibility index (Phi) is 3.40. The van der Waals surface area contributed by atoms with Crippen molar-refractivity contribution in [2.24, 2.45) is 0 Å². The summed E-state index contributed by atoms with van der Waals surface area (Å²) in [5.41, 5.74) is 0.198. The fourth-order valence-corrected chi connectivity index (χ4v) is 1.48. The van der Waals surface area contributed by atoms with Gasteiger partial charge in [0.25, 0.3) is 6.43 Å². The highest BCUT2D eigenvalue weighted by Gasteiger charge is 2.10. The third-order valence-corrected chi connectivity index (χ3v) is 2.17. The van der Waals surface area contributed by atoms with Crippen LogP contribution in [0.3, 0.4) is 0 Å². The first-order valence-electron chi connectivity index (χ1n) is 3.14. The van der Waals surface area contributed by atoms with Crippen LogP contribution in [0.2, 0.25) is 5.02 Å². The summed E-state index contributed by atoms with van der Waals surface area (Å²) in [4.78, 5) is 3.66. The van der Waals surface area contributed by atoms with E-state index in [2.05, 4.69) is 20.9 Å². The van der Waals surface area contributed by atoms with E-state index in [1.165, 1.54) is 12.1 Å². The fraction of sp³-hybridized carbons (Fsp3) is 0.286. The third-order valence-electron chi connectivity index (χ3n) is 1.29. The maximum Gasteiger partial charge on any atom is 0.280 e. The van der Waals surface area contributed by atoms with Gasteiger partial charge in [-0.2, -0.15) is 0 Å². The van der Waals surface area contributed by atoms with Crippen molar-refractivity contribution >= 4 is 27.5 Å². The number of rotatable bonds is 2. The first-order valence-corrected chi connectivity index (χ1v) is 4.64. The monoisotopic (exact) mass is 255 g/mol. The van der Waals surface area contributed by atoms with Gasteiger partial charge in [-0.15, -0.1) is 0 Å². The van der Waals surface area contributed by atoms with Crippen LogP contribution in [0.5, 0.6) is 0 Å². The summed E-state index contributed by atoms with van der Waals surface area (Å²) in [6, 6.07) is 2.64. The maximum atomic E-state index is 12.1. The quantitative estimate of drug-likeness (QED) is 0.737. The predicted molar refractivity (Wildman–Crippen MR) is 46.8 cm³/mol. The molecule has 0 bridgehead atoms. The van der Waals surface area contributed by atoms with Gasteiger partial charge in [0.05, 0.1) is 10.7 Å². The van der Waals surface area contributed by atoms with Gasteiger partial charge in [0, 0.05) is 5.33 Å². The lowest BCUT2D eigenvalue weighted by Gasteiger charge is -2.02. The normalized spacial score (nSPS) is 10.8. The van der Waals surface area contributed by atoms with E-state index < -0.39 is 6.43 Å². The second-order valence-corrected chi connectivity index (χ2v) is 3.07. The highest BCUT2D eigenvalue weighted by molar-refractivity contribution is 9.08. The second-order valence-electron chi connectivity index (χ2n) is 2.10. The van der Waals surface area contributed by atoms with Crippen molar-refractivity contribution in [1.82, 2.24) is 4.98 Å². The van der Waals surface area contributed by atoms with Crippen molar-refractivity contribution < 1.29 is 8.78 Å². The molecule has 0 spiro atoms. The molecule has 0 N–H and O–H groups in total. The van der Waals surface area contributed by atoms with Gasteiger partial charge in [-0.1, -0.05) is 27.5 Å². The molecule has 1 rings (SSSR count). The topological polar surface area (TPSA) is 12.9 Å². The predicted octanol–water partition coefficient (Wildman–Crippen LogP) is 3.57. The average Bonchev–Trinajstić information content (AvgIpc) is 2.05. The Morgan fingerprint density at radius 2 is 2.17 bits per heavy atom. The summed E-state index contributed by atoms with van der Waals surface area (Å²) in [6.45, 7) is 0. The van der Waals surface area contributed by atoms with Crippen LogP contribution >= 0.6 is 27.5 Å². The van der Waals surface area contributed by atoms with Gasteiger partial charge in [-0.25, -0.2) is 13.8 Å². The molecule has 5 heteroatoms. The lowest BCUT2D eigenvalue weighted by atomic mass is 10.3. The molecule has 0 aliphatic rings. The van der Waals surface area contributed by atoms with Crippen LogP contribution in [-0.4, -0.2) is 4.98 Å². The van der Waals surface area contributed by atoms with Gasteiger partial charge in [-0.05, 0) is 12.1 Å². The van der Waals surface area contributed by atoms with Gasteiger partial charge in [0.15, 0.2) is 0 Å². The molecule has 0 amide bonds. The summed E-state index contributed by atoms with van der Waals surface area (Å²) in [5.74, 6) is 0. The van der Waals surface area contributed by atoms with Gasteiger partial charge >= 0.3 is 0 Å². The average molecular weight is 256 g/mol. The molecular weight excluding hydrogens is 251 g/mol. The number of hydrogen-bond acceptors (Lipinski definition) is 1. The molecule has 0 aliphatic heterocycles. The Morgan fingerprint density at radius 1 is 1.50 bits per heavy atom. The molecule has 66 valence electrons. The number of aromatic nitrogens is 1. The Labute approximate surface area is 81.9 Å². The van der Waals surface area contributed by atoms with Gasteiger partial charge in [0.2, 0.25) is 0 Å². The number of hydrogen-bond donors (Lipinski definition) is 0. The van der Waals surface area contributed by atoms with Crippen molar-refractivity contribution in [3.8, 4) is 0 Å². The van der Waals surface area contributed by atoms with Crippen molar-refractivity contribution in [3.63, 3.8) is 0 Å². The van der Waals surface area contributed by atoms with Gasteiger partial charge in [0.1, 0.15) is 5.69 Å². The molecule has 0 aromatic carbocycles. The van der Waals surface area contributed by atoms with Crippen molar-refractivity contribution in [2.75, 3.05) is 0 Å². The van der Waals surface area contributed by atoms with E-state index in [1.54, 1.807) is 0 Å². The third kappa shape index (κ3) is 2.14. The molecule has 1 aromatic rings. The number of alkyl halides is 3. The van der Waals surface area contributed by atoms with Crippen LogP contribution in [0, 0.1) is 0 Å². The summed E-state index contributed by atoms with van der Waals surface area (Å²) in [5, 5.41) is 0.781. The summed E-state index contributed by atoms with van der Waals surface area (Å²) in [7, 11) is 0. The Hall–Kier alpha value is -0.220. The van der Waals surface area contributed by atoms with Crippen LogP contribution in [0.4, 0.5) is 8.78 Å². The SMILES string of the molecule is FC(F)c1ccc(Cl)c(CBr)n1. The second kappa shape index (κ2) is 4.14. The number of nitrogens with zero attached hydrogens (tertiary/aromatic N) is 1. The van der Waals surface area contributed by atoms with Crippen LogP contribution < -0.4 is 0 Å². The Balaban J connectivity index is 3.05. The number of pyridine rings is 1. The molecule has 0 aliphatic carbocycles. The van der Waals surface area contributed by atoms with E-state index in [9.17, 15) is 8.78 Å². The molecule has 1 nitrogen and oxygen atoms in total. The molecule has 0 fully saturated rings. The van der Waals surface area contributed by atoms with E-state index >= 15 is 0 Å². The van der Waals surface area contributed by atoms with E-state index in [1.807, 2.05) is 0 Å². The Morgan fingerprint density at radius 3 is 2.67 bits per heavy atom.